The summed E-state index contributed by atoms with van der Waals surface area (Å²) in [5, 5.41) is 3.75. The van der Waals surface area contributed by atoms with E-state index >= 15 is 0 Å². The summed E-state index contributed by atoms with van der Waals surface area (Å²) in [6.07, 6.45) is 1.47. The SMILES string of the molecule is CCNC(=O)C(CC)N(Cc1ccc(Cl)c(Cl)c1)C(=O)CCc1ccc(C(C)(C)C)cc1. The van der Waals surface area contributed by atoms with Crippen molar-refractivity contribution in [2.75, 3.05) is 6.54 Å². The monoisotopic (exact) mass is 476 g/mol. The molecule has 4 nitrogen and oxygen atoms in total. The first-order valence-corrected chi connectivity index (χ1v) is 11.9. The second-order valence-corrected chi connectivity index (χ2v) is 9.85. The molecule has 0 bridgehead atoms. The molecule has 2 aromatic rings. The molecule has 0 aliphatic heterocycles. The van der Waals surface area contributed by atoms with Crippen molar-refractivity contribution in [3.05, 3.63) is 69.2 Å². The van der Waals surface area contributed by atoms with Gasteiger partial charge < -0.3 is 10.2 Å². The van der Waals surface area contributed by atoms with Crippen molar-refractivity contribution in [2.45, 2.75) is 71.9 Å². The van der Waals surface area contributed by atoms with Gasteiger partial charge in [-0.05, 0) is 54.0 Å². The van der Waals surface area contributed by atoms with Crippen LogP contribution in [0.1, 0.15) is 64.2 Å². The molecular formula is C26H34Cl2N2O2. The second kappa shape index (κ2) is 11.7. The fourth-order valence-corrected chi connectivity index (χ4v) is 3.93. The quantitative estimate of drug-likeness (QED) is 0.470. The maximum atomic E-state index is 13.3. The van der Waals surface area contributed by atoms with Crippen LogP contribution in [-0.2, 0) is 28.0 Å². The van der Waals surface area contributed by atoms with E-state index in [1.807, 2.05) is 19.9 Å². The maximum absolute atomic E-state index is 13.3. The summed E-state index contributed by atoms with van der Waals surface area (Å²) in [4.78, 5) is 27.6. The fourth-order valence-electron chi connectivity index (χ4n) is 3.61. The van der Waals surface area contributed by atoms with Crippen LogP contribution in [-0.4, -0.2) is 29.3 Å². The molecule has 0 saturated heterocycles. The van der Waals surface area contributed by atoms with E-state index in [-0.39, 0.29) is 17.2 Å². The number of halogens is 2. The predicted molar refractivity (Wildman–Crippen MR) is 133 cm³/mol. The number of amides is 2. The van der Waals surface area contributed by atoms with Crippen LogP contribution >= 0.6 is 23.2 Å². The number of nitrogens with one attached hydrogen (secondary N) is 1. The van der Waals surface area contributed by atoms with E-state index in [0.717, 1.165) is 11.1 Å². The minimum absolute atomic E-state index is 0.0610. The molecule has 2 amide bonds. The van der Waals surface area contributed by atoms with Gasteiger partial charge in [0.1, 0.15) is 6.04 Å². The van der Waals surface area contributed by atoms with Crippen LogP contribution in [0.25, 0.3) is 0 Å². The van der Waals surface area contributed by atoms with Crippen molar-refractivity contribution < 1.29 is 9.59 Å². The normalized spacial score (nSPS) is 12.3. The van der Waals surface area contributed by atoms with Gasteiger partial charge in [0.25, 0.3) is 0 Å². The Kier molecular flexibility index (Phi) is 9.60. The second-order valence-electron chi connectivity index (χ2n) is 9.04. The molecule has 0 aliphatic carbocycles. The summed E-state index contributed by atoms with van der Waals surface area (Å²) in [6, 6.07) is 13.2. The molecule has 0 spiro atoms. The lowest BCUT2D eigenvalue weighted by molar-refractivity contribution is -0.141. The van der Waals surface area contributed by atoms with E-state index in [4.69, 9.17) is 23.2 Å². The van der Waals surface area contributed by atoms with Crippen LogP contribution in [0.5, 0.6) is 0 Å². The number of rotatable bonds is 9. The van der Waals surface area contributed by atoms with Crippen LogP contribution in [0.3, 0.4) is 0 Å². The number of carbonyl (C=O) groups is 2. The van der Waals surface area contributed by atoms with Gasteiger partial charge in [-0.15, -0.1) is 0 Å². The van der Waals surface area contributed by atoms with Crippen LogP contribution in [0.15, 0.2) is 42.5 Å². The van der Waals surface area contributed by atoms with Crippen LogP contribution in [0.4, 0.5) is 0 Å². The summed E-state index contributed by atoms with van der Waals surface area (Å²) < 4.78 is 0. The van der Waals surface area contributed by atoms with Gasteiger partial charge in [-0.2, -0.15) is 0 Å². The number of nitrogens with zero attached hydrogens (tertiary/aromatic N) is 1. The Hall–Kier alpha value is -2.04. The van der Waals surface area contributed by atoms with Crippen molar-refractivity contribution in [1.82, 2.24) is 10.2 Å². The molecule has 2 aromatic carbocycles. The third kappa shape index (κ3) is 7.25. The molecule has 32 heavy (non-hydrogen) atoms. The molecule has 0 radical (unpaired) electrons. The Bertz CT molecular complexity index is 920. The number of hydrogen-bond donors (Lipinski definition) is 1. The highest BCUT2D eigenvalue weighted by Crippen LogP contribution is 2.25. The molecule has 0 aliphatic rings. The standard InChI is InChI=1S/C26H34Cl2N2O2/c1-6-23(25(32)29-7-2)30(17-19-10-14-21(27)22(28)16-19)24(31)15-11-18-8-12-20(13-9-18)26(3,4)5/h8-10,12-14,16,23H,6-7,11,15,17H2,1-5H3,(H,29,32). The minimum Gasteiger partial charge on any atom is -0.355 e. The van der Waals surface area contributed by atoms with Gasteiger partial charge in [-0.3, -0.25) is 9.59 Å². The van der Waals surface area contributed by atoms with Crippen molar-refractivity contribution in [2.24, 2.45) is 0 Å². The summed E-state index contributed by atoms with van der Waals surface area (Å²) in [7, 11) is 0. The Morgan fingerprint density at radius 3 is 2.12 bits per heavy atom. The lowest BCUT2D eigenvalue weighted by Crippen LogP contribution is -2.49. The molecule has 1 atom stereocenters. The Labute approximate surface area is 202 Å². The largest absolute Gasteiger partial charge is 0.355 e. The lowest BCUT2D eigenvalue weighted by atomic mass is 9.86. The smallest absolute Gasteiger partial charge is 0.242 e. The molecule has 174 valence electrons. The molecule has 0 fully saturated rings. The third-order valence-electron chi connectivity index (χ3n) is 5.52. The van der Waals surface area contributed by atoms with Gasteiger partial charge in [0, 0.05) is 19.5 Å². The van der Waals surface area contributed by atoms with Gasteiger partial charge in [0.2, 0.25) is 11.8 Å². The van der Waals surface area contributed by atoms with Crippen molar-refractivity contribution in [3.8, 4) is 0 Å². The summed E-state index contributed by atoms with van der Waals surface area (Å²) in [6.45, 7) is 11.1. The van der Waals surface area contributed by atoms with E-state index in [0.29, 0.717) is 42.4 Å². The first-order chi connectivity index (χ1) is 15.1. The molecule has 0 saturated carbocycles. The summed E-state index contributed by atoms with van der Waals surface area (Å²) in [5.41, 5.74) is 3.29. The van der Waals surface area contributed by atoms with Gasteiger partial charge in [0.05, 0.1) is 10.0 Å². The average Bonchev–Trinajstić information content (AvgIpc) is 2.74. The van der Waals surface area contributed by atoms with E-state index < -0.39 is 6.04 Å². The fraction of sp³-hybridized carbons (Fsp3) is 0.462. The highest BCUT2D eigenvalue weighted by atomic mass is 35.5. The number of hydrogen-bond acceptors (Lipinski definition) is 2. The predicted octanol–water partition coefficient (Wildman–Crippen LogP) is 6.17. The Balaban J connectivity index is 2.20. The molecule has 0 aromatic heterocycles. The molecular weight excluding hydrogens is 443 g/mol. The first kappa shape index (κ1) is 26.2. The van der Waals surface area contributed by atoms with Gasteiger partial charge in [0.15, 0.2) is 0 Å². The molecule has 1 N–H and O–H groups in total. The zero-order valence-electron chi connectivity index (χ0n) is 19.7. The zero-order chi connectivity index (χ0) is 23.9. The third-order valence-corrected chi connectivity index (χ3v) is 6.26. The molecule has 6 heteroatoms. The van der Waals surface area contributed by atoms with Crippen LogP contribution in [0, 0.1) is 0 Å². The summed E-state index contributed by atoms with van der Waals surface area (Å²) in [5.74, 6) is -0.202. The zero-order valence-corrected chi connectivity index (χ0v) is 21.2. The van der Waals surface area contributed by atoms with Gasteiger partial charge in [-0.1, -0.05) is 81.2 Å². The lowest BCUT2D eigenvalue weighted by Gasteiger charge is -2.30. The van der Waals surface area contributed by atoms with Gasteiger partial charge >= 0.3 is 0 Å². The van der Waals surface area contributed by atoms with E-state index in [1.165, 1.54) is 5.56 Å². The number of likely N-dealkylation sites (N-methyl/N-ethyl adjacent to an activating group) is 1. The number of aryl methyl sites for hydroxylation is 1. The number of benzene rings is 2. The van der Waals surface area contributed by atoms with E-state index in [2.05, 4.69) is 50.4 Å². The van der Waals surface area contributed by atoms with E-state index in [9.17, 15) is 9.59 Å². The van der Waals surface area contributed by atoms with Crippen LogP contribution < -0.4 is 5.32 Å². The highest BCUT2D eigenvalue weighted by Gasteiger charge is 2.28. The maximum Gasteiger partial charge on any atom is 0.242 e. The van der Waals surface area contributed by atoms with Crippen molar-refractivity contribution >= 4 is 35.0 Å². The van der Waals surface area contributed by atoms with Crippen molar-refractivity contribution in [3.63, 3.8) is 0 Å². The van der Waals surface area contributed by atoms with Crippen molar-refractivity contribution in [1.29, 1.82) is 0 Å². The highest BCUT2D eigenvalue weighted by molar-refractivity contribution is 6.42. The Morgan fingerprint density at radius 1 is 0.969 bits per heavy atom. The molecule has 2 rings (SSSR count). The molecule has 1 unspecified atom stereocenters. The first-order valence-electron chi connectivity index (χ1n) is 11.2. The summed E-state index contributed by atoms with van der Waals surface area (Å²) >= 11 is 12.2. The topological polar surface area (TPSA) is 49.4 Å². The number of carbonyl (C=O) groups excluding carboxylic acids is 2. The molecule has 0 heterocycles. The minimum atomic E-state index is -0.542. The van der Waals surface area contributed by atoms with Gasteiger partial charge in [-0.25, -0.2) is 0 Å². The van der Waals surface area contributed by atoms with Crippen LogP contribution in [0.2, 0.25) is 10.0 Å². The average molecular weight is 477 g/mol. The van der Waals surface area contributed by atoms with E-state index in [1.54, 1.807) is 17.0 Å². The Morgan fingerprint density at radius 2 is 1.59 bits per heavy atom.